The number of para-hydroxylation sites is 1. The molecule has 0 saturated carbocycles. The first-order chi connectivity index (χ1) is 13.8. The van der Waals surface area contributed by atoms with Crippen molar-refractivity contribution in [1.82, 2.24) is 0 Å². The predicted molar refractivity (Wildman–Crippen MR) is 114 cm³/mol. The van der Waals surface area contributed by atoms with Crippen LogP contribution in [0.25, 0.3) is 0 Å². The summed E-state index contributed by atoms with van der Waals surface area (Å²) >= 11 is 12.3. The monoisotopic (exact) mass is 429 g/mol. The van der Waals surface area contributed by atoms with Crippen molar-refractivity contribution in [2.45, 2.75) is 13.8 Å². The molecule has 0 bridgehead atoms. The molecule has 1 amide bonds. The first-order valence-electron chi connectivity index (χ1n) is 8.65. The SMILES string of the molecule is Cc1c(Cl)c(Cl)c(C)c(C(=O)Nc2cccc(Oc3ccccc3)c2)c1C(=O)O. The number of carbonyl (C=O) groups excluding carboxylic acids is 1. The summed E-state index contributed by atoms with van der Waals surface area (Å²) in [6.07, 6.45) is 0. The van der Waals surface area contributed by atoms with Gasteiger partial charge in [-0.15, -0.1) is 0 Å². The minimum absolute atomic E-state index is 0.0289. The number of rotatable bonds is 5. The zero-order chi connectivity index (χ0) is 21.1. The molecule has 0 heterocycles. The summed E-state index contributed by atoms with van der Waals surface area (Å²) in [6, 6.07) is 16.0. The molecule has 3 aromatic carbocycles. The molecule has 0 atom stereocenters. The van der Waals surface area contributed by atoms with Crippen molar-refractivity contribution in [2.24, 2.45) is 0 Å². The van der Waals surface area contributed by atoms with Gasteiger partial charge in [-0.3, -0.25) is 4.79 Å². The summed E-state index contributed by atoms with van der Waals surface area (Å²) in [4.78, 5) is 24.7. The van der Waals surface area contributed by atoms with E-state index in [-0.39, 0.29) is 26.7 Å². The van der Waals surface area contributed by atoms with Crippen molar-refractivity contribution < 1.29 is 19.4 Å². The molecule has 0 aliphatic heterocycles. The molecule has 3 rings (SSSR count). The molecular formula is C22H17Cl2NO4. The van der Waals surface area contributed by atoms with Crippen molar-refractivity contribution in [2.75, 3.05) is 5.32 Å². The Morgan fingerprint density at radius 1 is 0.862 bits per heavy atom. The Bertz CT molecular complexity index is 1100. The lowest BCUT2D eigenvalue weighted by atomic mass is 9.96. The lowest BCUT2D eigenvalue weighted by Gasteiger charge is -2.16. The number of hydrogen-bond acceptors (Lipinski definition) is 3. The van der Waals surface area contributed by atoms with Crippen LogP contribution < -0.4 is 10.1 Å². The van der Waals surface area contributed by atoms with E-state index in [1.165, 1.54) is 6.92 Å². The lowest BCUT2D eigenvalue weighted by Crippen LogP contribution is -2.20. The molecular weight excluding hydrogens is 413 g/mol. The number of nitrogens with one attached hydrogen (secondary N) is 1. The van der Waals surface area contributed by atoms with Crippen LogP contribution in [-0.2, 0) is 0 Å². The molecule has 0 aliphatic carbocycles. The summed E-state index contributed by atoms with van der Waals surface area (Å²) in [5.41, 5.74) is 0.780. The predicted octanol–water partition coefficient (Wildman–Crippen LogP) is 6.35. The number of anilines is 1. The fraction of sp³-hybridized carbons (Fsp3) is 0.0909. The van der Waals surface area contributed by atoms with Gasteiger partial charge in [0, 0.05) is 11.8 Å². The van der Waals surface area contributed by atoms with Crippen LogP contribution in [0.5, 0.6) is 11.5 Å². The molecule has 29 heavy (non-hydrogen) atoms. The highest BCUT2D eigenvalue weighted by Crippen LogP contribution is 2.35. The standard InChI is InChI=1S/C22H17Cl2NO4/c1-12-17(18(22(27)28)13(2)20(24)19(12)23)21(26)25-14-7-6-10-16(11-14)29-15-8-4-3-5-9-15/h3-11H,1-2H3,(H,25,26)(H,27,28). The van der Waals surface area contributed by atoms with Crippen LogP contribution >= 0.6 is 23.2 Å². The molecule has 7 heteroatoms. The minimum atomic E-state index is -1.25. The average molecular weight is 430 g/mol. The largest absolute Gasteiger partial charge is 0.478 e. The Morgan fingerprint density at radius 2 is 1.45 bits per heavy atom. The maximum absolute atomic E-state index is 12.9. The third-order valence-corrected chi connectivity index (χ3v) is 5.40. The van der Waals surface area contributed by atoms with E-state index >= 15 is 0 Å². The van der Waals surface area contributed by atoms with Gasteiger partial charge < -0.3 is 15.2 Å². The smallest absolute Gasteiger partial charge is 0.336 e. The molecule has 5 nitrogen and oxygen atoms in total. The van der Waals surface area contributed by atoms with E-state index < -0.39 is 11.9 Å². The van der Waals surface area contributed by atoms with Gasteiger partial charge >= 0.3 is 5.97 Å². The van der Waals surface area contributed by atoms with Crippen LogP contribution in [0, 0.1) is 13.8 Å². The van der Waals surface area contributed by atoms with Crippen LogP contribution in [-0.4, -0.2) is 17.0 Å². The summed E-state index contributed by atoms with van der Waals surface area (Å²) < 4.78 is 5.76. The van der Waals surface area contributed by atoms with Crippen LogP contribution in [0.4, 0.5) is 5.69 Å². The molecule has 0 radical (unpaired) electrons. The third-order valence-electron chi connectivity index (χ3n) is 4.36. The number of hydrogen-bond donors (Lipinski definition) is 2. The zero-order valence-electron chi connectivity index (χ0n) is 15.6. The highest BCUT2D eigenvalue weighted by atomic mass is 35.5. The van der Waals surface area contributed by atoms with E-state index in [1.54, 1.807) is 31.2 Å². The van der Waals surface area contributed by atoms with Gasteiger partial charge in [-0.25, -0.2) is 4.79 Å². The molecule has 0 fully saturated rings. The van der Waals surface area contributed by atoms with E-state index in [0.717, 1.165) is 0 Å². The van der Waals surface area contributed by atoms with Crippen LogP contribution in [0.1, 0.15) is 31.8 Å². The number of carbonyl (C=O) groups is 2. The van der Waals surface area contributed by atoms with Crippen molar-refractivity contribution in [3.63, 3.8) is 0 Å². The van der Waals surface area contributed by atoms with Crippen molar-refractivity contribution in [3.8, 4) is 11.5 Å². The average Bonchev–Trinajstić information content (AvgIpc) is 2.69. The molecule has 0 unspecified atom stereocenters. The van der Waals surface area contributed by atoms with Gasteiger partial charge in [0.05, 0.1) is 21.2 Å². The van der Waals surface area contributed by atoms with E-state index in [0.29, 0.717) is 22.7 Å². The van der Waals surface area contributed by atoms with Gasteiger partial charge in [-0.1, -0.05) is 47.5 Å². The molecule has 0 saturated heterocycles. The zero-order valence-corrected chi connectivity index (χ0v) is 17.1. The Kier molecular flexibility index (Phi) is 6.11. The lowest BCUT2D eigenvalue weighted by molar-refractivity contribution is 0.0691. The molecule has 3 aromatic rings. The van der Waals surface area contributed by atoms with Crippen LogP contribution in [0.2, 0.25) is 10.0 Å². The Balaban J connectivity index is 1.93. The van der Waals surface area contributed by atoms with E-state index in [9.17, 15) is 14.7 Å². The van der Waals surface area contributed by atoms with Gasteiger partial charge in [0.2, 0.25) is 0 Å². The number of amides is 1. The molecule has 148 valence electrons. The van der Waals surface area contributed by atoms with E-state index in [2.05, 4.69) is 5.32 Å². The second-order valence-corrected chi connectivity index (χ2v) is 7.09. The van der Waals surface area contributed by atoms with Crippen LogP contribution in [0.15, 0.2) is 54.6 Å². The Morgan fingerprint density at radius 3 is 2.07 bits per heavy atom. The molecule has 0 aromatic heterocycles. The maximum atomic E-state index is 12.9. The maximum Gasteiger partial charge on any atom is 0.336 e. The second-order valence-electron chi connectivity index (χ2n) is 6.33. The second kappa shape index (κ2) is 8.55. The summed E-state index contributed by atoms with van der Waals surface area (Å²) in [7, 11) is 0. The van der Waals surface area contributed by atoms with Crippen molar-refractivity contribution >= 4 is 40.8 Å². The van der Waals surface area contributed by atoms with Gasteiger partial charge in [0.15, 0.2) is 0 Å². The minimum Gasteiger partial charge on any atom is -0.478 e. The quantitative estimate of drug-likeness (QED) is 0.494. The van der Waals surface area contributed by atoms with Crippen molar-refractivity contribution in [3.05, 3.63) is 86.9 Å². The number of carboxylic acids is 1. The van der Waals surface area contributed by atoms with Crippen LogP contribution in [0.3, 0.4) is 0 Å². The molecule has 0 aliphatic rings. The Labute approximate surface area is 177 Å². The van der Waals surface area contributed by atoms with Crippen molar-refractivity contribution in [1.29, 1.82) is 0 Å². The number of benzene rings is 3. The number of aromatic carboxylic acids is 1. The summed E-state index contributed by atoms with van der Waals surface area (Å²) in [5.74, 6) is -0.677. The normalized spacial score (nSPS) is 10.5. The molecule has 2 N–H and O–H groups in total. The number of ether oxygens (including phenoxy) is 1. The highest BCUT2D eigenvalue weighted by molar-refractivity contribution is 6.44. The molecule has 0 spiro atoms. The van der Waals surface area contributed by atoms with Gasteiger partial charge in [0.25, 0.3) is 5.91 Å². The fourth-order valence-electron chi connectivity index (χ4n) is 2.93. The van der Waals surface area contributed by atoms with Gasteiger partial charge in [-0.05, 0) is 49.2 Å². The Hall–Kier alpha value is -3.02. The number of carboxylic acid groups (broad SMARTS) is 1. The topological polar surface area (TPSA) is 75.6 Å². The fourth-order valence-corrected chi connectivity index (χ4v) is 3.40. The van der Waals surface area contributed by atoms with Gasteiger partial charge in [-0.2, -0.15) is 0 Å². The summed E-state index contributed by atoms with van der Waals surface area (Å²) in [6.45, 7) is 3.08. The first-order valence-corrected chi connectivity index (χ1v) is 9.41. The number of halogens is 2. The van der Waals surface area contributed by atoms with E-state index in [4.69, 9.17) is 27.9 Å². The van der Waals surface area contributed by atoms with Gasteiger partial charge in [0.1, 0.15) is 11.5 Å². The first kappa shape index (κ1) is 20.7. The van der Waals surface area contributed by atoms with E-state index in [1.807, 2.05) is 30.3 Å². The highest BCUT2D eigenvalue weighted by Gasteiger charge is 2.26. The summed E-state index contributed by atoms with van der Waals surface area (Å²) in [5, 5.41) is 12.6. The third kappa shape index (κ3) is 4.36.